The summed E-state index contributed by atoms with van der Waals surface area (Å²) in [6.45, 7) is 1.36. The predicted molar refractivity (Wildman–Crippen MR) is 96.9 cm³/mol. The third kappa shape index (κ3) is 5.64. The van der Waals surface area contributed by atoms with Crippen LogP contribution in [0.5, 0.6) is 0 Å². The Hall–Kier alpha value is -2.44. The van der Waals surface area contributed by atoms with Crippen molar-refractivity contribution in [3.63, 3.8) is 0 Å². The summed E-state index contributed by atoms with van der Waals surface area (Å²) in [7, 11) is 4.04. The molecule has 0 aliphatic heterocycles. The number of hydrogen-bond donors (Lipinski definition) is 3. The summed E-state index contributed by atoms with van der Waals surface area (Å²) >= 11 is 1.51. The van der Waals surface area contributed by atoms with Crippen molar-refractivity contribution in [3.8, 4) is 0 Å². The second kappa shape index (κ2) is 9.00. The van der Waals surface area contributed by atoms with Crippen molar-refractivity contribution >= 4 is 29.2 Å². The molecular weight excluding hydrogens is 322 g/mol. The minimum atomic E-state index is -0.299. The van der Waals surface area contributed by atoms with Crippen molar-refractivity contribution in [3.05, 3.63) is 64.0 Å². The van der Waals surface area contributed by atoms with Crippen molar-refractivity contribution < 1.29 is 14.5 Å². The molecule has 0 radical (unpaired) electrons. The van der Waals surface area contributed by atoms with Crippen LogP contribution < -0.4 is 15.5 Å². The quantitative estimate of drug-likeness (QED) is 0.650. The molecule has 0 saturated heterocycles. The van der Waals surface area contributed by atoms with Crippen molar-refractivity contribution in [2.24, 2.45) is 0 Å². The maximum absolute atomic E-state index is 12.4. The molecule has 2 amide bonds. The molecule has 2 aromatic rings. The van der Waals surface area contributed by atoms with Gasteiger partial charge in [-0.2, -0.15) is 0 Å². The van der Waals surface area contributed by atoms with Crippen LogP contribution in [0.4, 0.5) is 0 Å². The van der Waals surface area contributed by atoms with E-state index < -0.39 is 0 Å². The van der Waals surface area contributed by atoms with E-state index in [4.69, 9.17) is 0 Å². The molecule has 3 N–H and O–H groups in total. The lowest BCUT2D eigenvalue weighted by atomic mass is 10.2. The topological polar surface area (TPSA) is 62.6 Å². The van der Waals surface area contributed by atoms with Crippen LogP contribution in [0.25, 0.3) is 6.08 Å². The molecule has 0 saturated carbocycles. The first-order valence-corrected chi connectivity index (χ1v) is 8.63. The molecular formula is C18H22N3O2S+. The Morgan fingerprint density at radius 1 is 1.12 bits per heavy atom. The van der Waals surface area contributed by atoms with Gasteiger partial charge in [0.25, 0.3) is 11.8 Å². The highest BCUT2D eigenvalue weighted by molar-refractivity contribution is 7.10. The first-order chi connectivity index (χ1) is 11.6. The van der Waals surface area contributed by atoms with E-state index >= 15 is 0 Å². The first-order valence-electron chi connectivity index (χ1n) is 7.75. The van der Waals surface area contributed by atoms with Gasteiger partial charge in [0, 0.05) is 10.4 Å². The lowest BCUT2D eigenvalue weighted by molar-refractivity contribution is -0.856. The highest BCUT2D eigenvalue weighted by Crippen LogP contribution is 2.13. The predicted octanol–water partition coefficient (Wildman–Crippen LogP) is 0.780. The smallest absolute Gasteiger partial charge is 0.268 e. The van der Waals surface area contributed by atoms with Crippen LogP contribution in [0, 0.1) is 0 Å². The fourth-order valence-electron chi connectivity index (χ4n) is 1.98. The molecule has 1 aromatic heterocycles. The van der Waals surface area contributed by atoms with Gasteiger partial charge in [-0.25, -0.2) is 0 Å². The number of carbonyl (C=O) groups excluding carboxylic acids is 2. The second-order valence-electron chi connectivity index (χ2n) is 5.61. The van der Waals surface area contributed by atoms with Crippen molar-refractivity contribution in [1.82, 2.24) is 10.6 Å². The molecule has 24 heavy (non-hydrogen) atoms. The van der Waals surface area contributed by atoms with Crippen LogP contribution in [0.3, 0.4) is 0 Å². The van der Waals surface area contributed by atoms with Crippen LogP contribution in [-0.2, 0) is 4.79 Å². The van der Waals surface area contributed by atoms with Crippen molar-refractivity contribution in [1.29, 1.82) is 0 Å². The number of carbonyl (C=O) groups is 2. The van der Waals surface area contributed by atoms with Gasteiger partial charge in [-0.05, 0) is 29.7 Å². The SMILES string of the molecule is C[NH+](C)CCNC(=O)/C(=C/c1cccs1)NC(=O)c1ccccc1. The molecule has 0 aliphatic carbocycles. The van der Waals surface area contributed by atoms with Crippen LogP contribution in [0.15, 0.2) is 53.5 Å². The van der Waals surface area contributed by atoms with Gasteiger partial charge in [-0.1, -0.05) is 24.3 Å². The lowest BCUT2D eigenvalue weighted by Crippen LogP contribution is -3.06. The Kier molecular flexibility index (Phi) is 6.72. The number of rotatable bonds is 7. The van der Waals surface area contributed by atoms with E-state index in [0.717, 1.165) is 11.4 Å². The van der Waals surface area contributed by atoms with E-state index in [-0.39, 0.29) is 17.5 Å². The van der Waals surface area contributed by atoms with E-state index in [0.29, 0.717) is 12.1 Å². The van der Waals surface area contributed by atoms with Gasteiger partial charge < -0.3 is 15.5 Å². The molecule has 1 aromatic carbocycles. The average molecular weight is 344 g/mol. The Labute approximate surface area is 146 Å². The molecule has 0 atom stereocenters. The van der Waals surface area contributed by atoms with Gasteiger partial charge in [0.15, 0.2) is 0 Å². The fraction of sp³-hybridized carbons (Fsp3) is 0.222. The average Bonchev–Trinajstić information content (AvgIpc) is 3.07. The minimum absolute atomic E-state index is 0.250. The van der Waals surface area contributed by atoms with E-state index in [1.165, 1.54) is 16.2 Å². The number of thiophene rings is 1. The number of quaternary nitrogens is 1. The zero-order valence-electron chi connectivity index (χ0n) is 13.8. The molecule has 126 valence electrons. The number of hydrogen-bond acceptors (Lipinski definition) is 3. The van der Waals surface area contributed by atoms with Gasteiger partial charge in [-0.15, -0.1) is 11.3 Å². The molecule has 0 spiro atoms. The molecule has 5 nitrogen and oxygen atoms in total. The van der Waals surface area contributed by atoms with Gasteiger partial charge >= 0.3 is 0 Å². The highest BCUT2D eigenvalue weighted by Gasteiger charge is 2.14. The Balaban J connectivity index is 2.11. The first kappa shape index (κ1) is 17.9. The van der Waals surface area contributed by atoms with E-state index in [2.05, 4.69) is 10.6 Å². The van der Waals surface area contributed by atoms with Crippen LogP contribution in [0.2, 0.25) is 0 Å². The van der Waals surface area contributed by atoms with E-state index in [9.17, 15) is 9.59 Å². The largest absolute Gasteiger partial charge is 0.345 e. The normalized spacial score (nSPS) is 11.4. The summed E-state index contributed by atoms with van der Waals surface area (Å²) in [6.07, 6.45) is 1.70. The van der Waals surface area contributed by atoms with E-state index in [1.807, 2.05) is 37.7 Å². The zero-order chi connectivity index (χ0) is 17.4. The third-order valence-corrected chi connectivity index (χ3v) is 4.09. The summed E-state index contributed by atoms with van der Waals surface area (Å²) in [5.74, 6) is -0.583. The summed E-state index contributed by atoms with van der Waals surface area (Å²) < 4.78 is 0. The summed E-state index contributed by atoms with van der Waals surface area (Å²) in [5.41, 5.74) is 0.764. The van der Waals surface area contributed by atoms with Crippen molar-refractivity contribution in [2.45, 2.75) is 0 Å². The van der Waals surface area contributed by atoms with Gasteiger partial charge in [0.1, 0.15) is 5.70 Å². The molecule has 1 heterocycles. The van der Waals surface area contributed by atoms with Crippen LogP contribution in [0.1, 0.15) is 15.2 Å². The molecule has 0 unspecified atom stereocenters. The fourth-order valence-corrected chi connectivity index (χ4v) is 2.64. The van der Waals surface area contributed by atoms with Gasteiger partial charge in [0.05, 0.1) is 27.2 Å². The minimum Gasteiger partial charge on any atom is -0.345 e. The second-order valence-corrected chi connectivity index (χ2v) is 6.59. The molecule has 0 fully saturated rings. The van der Waals surface area contributed by atoms with Crippen LogP contribution >= 0.6 is 11.3 Å². The Morgan fingerprint density at radius 2 is 1.88 bits per heavy atom. The Morgan fingerprint density at radius 3 is 2.50 bits per heavy atom. The number of amides is 2. The van der Waals surface area contributed by atoms with E-state index in [1.54, 1.807) is 30.3 Å². The molecule has 0 aliphatic rings. The van der Waals surface area contributed by atoms with Gasteiger partial charge in [0.2, 0.25) is 0 Å². The maximum atomic E-state index is 12.4. The summed E-state index contributed by atoms with van der Waals surface area (Å²) in [6, 6.07) is 12.7. The van der Waals surface area contributed by atoms with Crippen LogP contribution in [-0.4, -0.2) is 39.0 Å². The third-order valence-electron chi connectivity index (χ3n) is 3.27. The monoisotopic (exact) mass is 344 g/mol. The Bertz CT molecular complexity index is 694. The molecule has 2 rings (SSSR count). The summed E-state index contributed by atoms with van der Waals surface area (Å²) in [4.78, 5) is 26.9. The standard InChI is InChI=1S/C18H21N3O2S/c1-21(2)11-10-19-18(23)16(13-15-9-6-12-24-15)20-17(22)14-7-4-3-5-8-14/h3-9,12-13H,10-11H2,1-2H3,(H,19,23)(H,20,22)/p+1/b16-13-. The van der Waals surface area contributed by atoms with Crippen molar-refractivity contribution in [2.75, 3.05) is 27.2 Å². The maximum Gasteiger partial charge on any atom is 0.268 e. The number of benzene rings is 1. The lowest BCUT2D eigenvalue weighted by Gasteiger charge is -2.12. The molecule has 0 bridgehead atoms. The number of nitrogens with one attached hydrogen (secondary N) is 3. The highest BCUT2D eigenvalue weighted by atomic mass is 32.1. The molecule has 6 heteroatoms. The van der Waals surface area contributed by atoms with Gasteiger partial charge in [-0.3, -0.25) is 9.59 Å². The summed E-state index contributed by atoms with van der Waals surface area (Å²) in [5, 5.41) is 7.49. The zero-order valence-corrected chi connectivity index (χ0v) is 14.7. The number of likely N-dealkylation sites (N-methyl/N-ethyl adjacent to an activating group) is 1.